The third-order valence-corrected chi connectivity index (χ3v) is 6.70. The van der Waals surface area contributed by atoms with E-state index >= 15 is 0 Å². The van der Waals surface area contributed by atoms with Gasteiger partial charge in [-0.1, -0.05) is 19.9 Å². The number of benzene rings is 2. The Balaban J connectivity index is 2.11. The van der Waals surface area contributed by atoms with Gasteiger partial charge in [0.2, 0.25) is 15.8 Å². The molecule has 0 radical (unpaired) electrons. The Labute approximate surface area is 184 Å². The van der Waals surface area contributed by atoms with Crippen molar-refractivity contribution < 1.29 is 32.1 Å². The number of ether oxygens (including phenoxy) is 1. The number of hydrogen-bond donors (Lipinski definition) is 1. The third-order valence-electron chi connectivity index (χ3n) is 4.51. The van der Waals surface area contributed by atoms with Gasteiger partial charge in [0.1, 0.15) is 0 Å². The molecule has 1 N–H and O–H groups in total. The molecular weight excluding hydrogens is 445 g/mol. The van der Waals surface area contributed by atoms with E-state index in [-0.39, 0.29) is 29.2 Å². The van der Waals surface area contributed by atoms with Crippen LogP contribution in [0.15, 0.2) is 41.3 Å². The number of nitrogens with one attached hydrogen (secondary N) is 1. The van der Waals surface area contributed by atoms with E-state index < -0.39 is 44.9 Å². The number of carbonyl (C=O) groups excluding carboxylic acids is 2. The average molecular weight is 467 g/mol. The van der Waals surface area contributed by atoms with E-state index in [9.17, 15) is 32.5 Å². The molecule has 0 saturated carbocycles. The van der Waals surface area contributed by atoms with E-state index in [1.807, 2.05) is 0 Å². The summed E-state index contributed by atoms with van der Waals surface area (Å²) in [5.41, 5.74) is -0.487. The number of hydrogen-bond acceptors (Lipinski definition) is 7. The molecule has 0 aromatic heterocycles. The van der Waals surface area contributed by atoms with Crippen LogP contribution in [-0.4, -0.2) is 49.2 Å². The molecule has 1 amide bonds. The quantitative estimate of drug-likeness (QED) is 0.340. The van der Waals surface area contributed by atoms with Gasteiger partial charge in [-0.25, -0.2) is 13.2 Å². The Kier molecular flexibility index (Phi) is 8.00. The summed E-state index contributed by atoms with van der Waals surface area (Å²) in [6, 6.07) is 6.80. The van der Waals surface area contributed by atoms with Crippen LogP contribution in [0.5, 0.6) is 0 Å². The molecule has 0 fully saturated rings. The van der Waals surface area contributed by atoms with Gasteiger partial charge in [-0.05, 0) is 36.8 Å². The number of esters is 1. The molecule has 10 nitrogen and oxygen atoms in total. The Bertz CT molecular complexity index is 1150. The lowest BCUT2D eigenvalue weighted by atomic mass is 10.1. The van der Waals surface area contributed by atoms with Gasteiger partial charge in [0.25, 0.3) is 5.91 Å². The number of nitro benzene ring substituents is 1. The molecule has 0 bridgehead atoms. The minimum atomic E-state index is -3.81. The first-order valence-electron chi connectivity index (χ1n) is 9.53. The molecule has 2 aromatic carbocycles. The normalized spacial score (nSPS) is 11.3. The van der Waals surface area contributed by atoms with Crippen molar-refractivity contribution in [2.45, 2.75) is 25.7 Å². The largest absolute Gasteiger partial charge is 0.452 e. The number of amides is 1. The highest BCUT2D eigenvalue weighted by Gasteiger charge is 2.25. The Morgan fingerprint density at radius 2 is 1.81 bits per heavy atom. The van der Waals surface area contributed by atoms with Crippen LogP contribution in [-0.2, 0) is 19.6 Å². The van der Waals surface area contributed by atoms with Crippen LogP contribution in [0.2, 0.25) is 0 Å². The minimum Gasteiger partial charge on any atom is -0.452 e. The molecule has 0 saturated heterocycles. The zero-order chi connectivity index (χ0) is 24.1. The number of anilines is 1. The van der Waals surface area contributed by atoms with Crippen molar-refractivity contribution in [2.24, 2.45) is 0 Å². The van der Waals surface area contributed by atoms with Crippen LogP contribution in [0, 0.1) is 22.9 Å². The van der Waals surface area contributed by atoms with Crippen molar-refractivity contribution in [2.75, 3.05) is 25.0 Å². The van der Waals surface area contributed by atoms with Gasteiger partial charge in [0.15, 0.2) is 6.61 Å². The summed E-state index contributed by atoms with van der Waals surface area (Å²) in [6.07, 6.45) is 0. The molecule has 0 unspecified atom stereocenters. The summed E-state index contributed by atoms with van der Waals surface area (Å²) in [5.74, 6) is -2.81. The maximum Gasteiger partial charge on any atom is 0.338 e. The van der Waals surface area contributed by atoms with E-state index in [0.29, 0.717) is 5.56 Å². The van der Waals surface area contributed by atoms with Gasteiger partial charge in [0.05, 0.1) is 15.4 Å². The molecule has 32 heavy (non-hydrogen) atoms. The number of carbonyl (C=O) groups is 2. The summed E-state index contributed by atoms with van der Waals surface area (Å²) in [5, 5.41) is 13.0. The fourth-order valence-corrected chi connectivity index (χ4v) is 4.56. The maximum atomic E-state index is 13.4. The second-order valence-electron chi connectivity index (χ2n) is 6.62. The molecule has 0 heterocycles. The number of nitro groups is 1. The first-order valence-corrected chi connectivity index (χ1v) is 11.0. The van der Waals surface area contributed by atoms with Crippen LogP contribution in [0.4, 0.5) is 15.8 Å². The lowest BCUT2D eigenvalue weighted by molar-refractivity contribution is -0.387. The van der Waals surface area contributed by atoms with Gasteiger partial charge >= 0.3 is 11.7 Å². The summed E-state index contributed by atoms with van der Waals surface area (Å²) >= 11 is 0. The summed E-state index contributed by atoms with van der Waals surface area (Å²) in [6.45, 7) is 4.77. The number of sulfonamides is 1. The topological polar surface area (TPSA) is 136 Å². The van der Waals surface area contributed by atoms with Gasteiger partial charge in [-0.3, -0.25) is 14.9 Å². The molecule has 172 valence electrons. The smallest absolute Gasteiger partial charge is 0.338 e. The second-order valence-corrected chi connectivity index (χ2v) is 8.52. The Morgan fingerprint density at radius 3 is 2.41 bits per heavy atom. The zero-order valence-electron chi connectivity index (χ0n) is 17.6. The van der Waals surface area contributed by atoms with E-state index in [4.69, 9.17) is 4.74 Å². The Morgan fingerprint density at radius 1 is 1.16 bits per heavy atom. The number of halogens is 1. The monoisotopic (exact) mass is 467 g/mol. The van der Waals surface area contributed by atoms with Crippen molar-refractivity contribution in [1.29, 1.82) is 0 Å². The SMILES string of the molecule is CCN(CC)S(=O)(=O)c1cc(C(=O)OCC(=O)Nc2ccc(F)c([N+](=O)[O-])c2)ccc1C. The molecule has 0 aliphatic heterocycles. The summed E-state index contributed by atoms with van der Waals surface area (Å²) in [7, 11) is -3.81. The van der Waals surface area contributed by atoms with Gasteiger partial charge in [-0.15, -0.1) is 0 Å². The van der Waals surface area contributed by atoms with Crippen LogP contribution >= 0.6 is 0 Å². The molecular formula is C20H22FN3O7S. The van der Waals surface area contributed by atoms with E-state index in [1.54, 1.807) is 20.8 Å². The lowest BCUT2D eigenvalue weighted by Gasteiger charge is -2.20. The molecule has 0 spiro atoms. The first kappa shape index (κ1) is 24.9. The van der Waals surface area contributed by atoms with Gasteiger partial charge in [-0.2, -0.15) is 8.70 Å². The highest BCUT2D eigenvalue weighted by atomic mass is 32.2. The maximum absolute atomic E-state index is 13.4. The average Bonchev–Trinajstić information content (AvgIpc) is 2.74. The van der Waals surface area contributed by atoms with Gasteiger partial charge < -0.3 is 10.1 Å². The van der Waals surface area contributed by atoms with Crippen LogP contribution < -0.4 is 5.32 Å². The summed E-state index contributed by atoms with van der Waals surface area (Å²) < 4.78 is 45.1. The fraction of sp³-hybridized carbons (Fsp3) is 0.300. The van der Waals surface area contributed by atoms with E-state index in [1.165, 1.54) is 22.5 Å². The van der Waals surface area contributed by atoms with Crippen molar-refractivity contribution >= 4 is 33.3 Å². The van der Waals surface area contributed by atoms with Crippen LogP contribution in [0.3, 0.4) is 0 Å². The third kappa shape index (κ3) is 5.65. The highest BCUT2D eigenvalue weighted by Crippen LogP contribution is 2.23. The lowest BCUT2D eigenvalue weighted by Crippen LogP contribution is -2.31. The van der Waals surface area contributed by atoms with Crippen molar-refractivity contribution in [3.05, 3.63) is 63.5 Å². The van der Waals surface area contributed by atoms with Gasteiger partial charge in [0, 0.05) is 24.8 Å². The van der Waals surface area contributed by atoms with E-state index in [0.717, 1.165) is 18.2 Å². The highest BCUT2D eigenvalue weighted by molar-refractivity contribution is 7.89. The van der Waals surface area contributed by atoms with Crippen molar-refractivity contribution in [3.8, 4) is 0 Å². The van der Waals surface area contributed by atoms with Crippen LogP contribution in [0.1, 0.15) is 29.8 Å². The van der Waals surface area contributed by atoms with Crippen molar-refractivity contribution in [1.82, 2.24) is 4.31 Å². The standard InChI is InChI=1S/C20H22FN3O7S/c1-4-23(5-2)32(29,30)18-10-14(7-6-13(18)3)20(26)31-12-19(25)22-15-8-9-16(21)17(11-15)24(27)28/h6-11H,4-5,12H2,1-3H3,(H,22,25). The predicted octanol–water partition coefficient (Wildman–Crippen LogP) is 2.87. The number of rotatable bonds is 9. The van der Waals surface area contributed by atoms with E-state index in [2.05, 4.69) is 5.32 Å². The molecule has 0 atom stereocenters. The first-order chi connectivity index (χ1) is 15.0. The molecule has 2 aromatic rings. The molecule has 0 aliphatic carbocycles. The minimum absolute atomic E-state index is 0.0428. The fourth-order valence-electron chi connectivity index (χ4n) is 2.85. The van der Waals surface area contributed by atoms with Crippen molar-refractivity contribution in [3.63, 3.8) is 0 Å². The molecule has 2 rings (SSSR count). The predicted molar refractivity (Wildman–Crippen MR) is 113 cm³/mol. The number of aryl methyl sites for hydroxylation is 1. The summed E-state index contributed by atoms with van der Waals surface area (Å²) in [4.78, 5) is 34.1. The second kappa shape index (κ2) is 10.3. The van der Waals surface area contributed by atoms with Crippen LogP contribution in [0.25, 0.3) is 0 Å². The molecule has 12 heteroatoms. The zero-order valence-corrected chi connectivity index (χ0v) is 18.4. The Hall–Kier alpha value is -3.38. The number of nitrogens with zero attached hydrogens (tertiary/aromatic N) is 2. The molecule has 0 aliphatic rings.